The third kappa shape index (κ3) is 3.52. The highest BCUT2D eigenvalue weighted by atomic mass is 16.5. The summed E-state index contributed by atoms with van der Waals surface area (Å²) in [6, 6.07) is 18.0. The molecule has 0 radical (unpaired) electrons. The van der Waals surface area contributed by atoms with Gasteiger partial charge in [0, 0.05) is 23.6 Å². The Morgan fingerprint density at radius 1 is 1.20 bits per heavy atom. The van der Waals surface area contributed by atoms with Gasteiger partial charge < -0.3 is 15.0 Å². The largest absolute Gasteiger partial charge is 0.492 e. The lowest BCUT2D eigenvalue weighted by Gasteiger charge is -2.07. The lowest BCUT2D eigenvalue weighted by molar-refractivity contribution is 0.313. The van der Waals surface area contributed by atoms with Crippen LogP contribution in [0.1, 0.15) is 23.5 Å². The summed E-state index contributed by atoms with van der Waals surface area (Å²) >= 11 is 0. The average Bonchev–Trinajstić information content (AvgIpc) is 3.30. The maximum atomic E-state index is 9.10. The molecule has 3 aromatic rings. The van der Waals surface area contributed by atoms with Gasteiger partial charge in [0.05, 0.1) is 11.6 Å². The molecule has 0 spiro atoms. The van der Waals surface area contributed by atoms with Gasteiger partial charge in [0.25, 0.3) is 0 Å². The molecular formula is C21H21N3O. The van der Waals surface area contributed by atoms with Crippen LogP contribution in [0.2, 0.25) is 0 Å². The number of H-pyrrole nitrogens is 1. The molecule has 2 atom stereocenters. The summed E-state index contributed by atoms with van der Waals surface area (Å²) in [6.45, 7) is 2.54. The molecule has 1 saturated carbocycles. The van der Waals surface area contributed by atoms with Crippen molar-refractivity contribution in [1.82, 2.24) is 10.3 Å². The summed E-state index contributed by atoms with van der Waals surface area (Å²) in [5, 5.41) is 13.8. The highest BCUT2D eigenvalue weighted by Gasteiger charge is 2.39. The number of hydrogen-bond donors (Lipinski definition) is 2. The maximum absolute atomic E-state index is 9.10. The Morgan fingerprint density at radius 2 is 2.08 bits per heavy atom. The SMILES string of the molecule is N#Cc1ccc2[nH]cc(C3CC3CNCCOc3ccccc3)c2c1. The van der Waals surface area contributed by atoms with E-state index in [1.54, 1.807) is 0 Å². The number of fused-ring (bicyclic) bond motifs is 1. The van der Waals surface area contributed by atoms with Gasteiger partial charge in [-0.05, 0) is 60.7 Å². The third-order valence-electron chi connectivity index (χ3n) is 4.86. The van der Waals surface area contributed by atoms with Crippen molar-refractivity contribution in [2.75, 3.05) is 19.7 Å². The van der Waals surface area contributed by atoms with Crippen LogP contribution in [0.5, 0.6) is 5.75 Å². The van der Waals surface area contributed by atoms with E-state index in [0.29, 0.717) is 18.4 Å². The summed E-state index contributed by atoms with van der Waals surface area (Å²) in [6.07, 6.45) is 3.31. The normalized spacial score (nSPS) is 18.8. The van der Waals surface area contributed by atoms with Crippen molar-refractivity contribution in [1.29, 1.82) is 5.26 Å². The second kappa shape index (κ2) is 7.00. The van der Waals surface area contributed by atoms with Crippen molar-refractivity contribution in [3.05, 3.63) is 65.9 Å². The number of nitriles is 1. The summed E-state index contributed by atoms with van der Waals surface area (Å²) < 4.78 is 5.69. The standard InChI is InChI=1S/C21H21N3O/c22-12-15-6-7-21-19(10-15)20(14-24-21)18-11-16(18)13-23-8-9-25-17-4-2-1-3-5-17/h1-7,10,14,16,18,23-24H,8-9,11,13H2. The molecule has 2 unspecified atom stereocenters. The summed E-state index contributed by atoms with van der Waals surface area (Å²) in [4.78, 5) is 3.33. The van der Waals surface area contributed by atoms with E-state index in [0.717, 1.165) is 29.9 Å². The van der Waals surface area contributed by atoms with Crippen LogP contribution in [0.25, 0.3) is 10.9 Å². The highest BCUT2D eigenvalue weighted by Crippen LogP contribution is 2.49. The quantitative estimate of drug-likeness (QED) is 0.647. The van der Waals surface area contributed by atoms with Gasteiger partial charge in [-0.2, -0.15) is 5.26 Å². The van der Waals surface area contributed by atoms with Crippen LogP contribution in [0, 0.1) is 17.2 Å². The lowest BCUT2D eigenvalue weighted by atomic mass is 10.1. The van der Waals surface area contributed by atoms with Crippen molar-refractivity contribution in [2.24, 2.45) is 5.92 Å². The number of nitrogens with zero attached hydrogens (tertiary/aromatic N) is 1. The number of ether oxygens (including phenoxy) is 1. The molecule has 0 saturated heterocycles. The first-order valence-electron chi connectivity index (χ1n) is 8.75. The maximum Gasteiger partial charge on any atom is 0.119 e. The Labute approximate surface area is 147 Å². The lowest BCUT2D eigenvalue weighted by Crippen LogP contribution is -2.23. The fourth-order valence-corrected chi connectivity index (χ4v) is 3.42. The van der Waals surface area contributed by atoms with Crippen molar-refractivity contribution in [3.63, 3.8) is 0 Å². The molecule has 0 aliphatic heterocycles. The smallest absolute Gasteiger partial charge is 0.119 e. The zero-order chi connectivity index (χ0) is 17.1. The molecular weight excluding hydrogens is 310 g/mol. The number of nitrogens with one attached hydrogen (secondary N) is 2. The average molecular weight is 331 g/mol. The number of aromatic nitrogens is 1. The van der Waals surface area contributed by atoms with Gasteiger partial charge in [-0.3, -0.25) is 0 Å². The molecule has 0 bridgehead atoms. The van der Waals surface area contributed by atoms with Crippen LogP contribution in [-0.4, -0.2) is 24.7 Å². The van der Waals surface area contributed by atoms with Gasteiger partial charge in [-0.1, -0.05) is 18.2 Å². The fourth-order valence-electron chi connectivity index (χ4n) is 3.42. The Morgan fingerprint density at radius 3 is 2.92 bits per heavy atom. The van der Waals surface area contributed by atoms with Crippen LogP contribution >= 0.6 is 0 Å². The van der Waals surface area contributed by atoms with E-state index in [9.17, 15) is 0 Å². The molecule has 2 aromatic carbocycles. The molecule has 4 heteroatoms. The summed E-state index contributed by atoms with van der Waals surface area (Å²) in [5.74, 6) is 2.17. The number of rotatable bonds is 7. The van der Waals surface area contributed by atoms with Gasteiger partial charge in [-0.15, -0.1) is 0 Å². The van der Waals surface area contributed by atoms with E-state index in [4.69, 9.17) is 10.00 Å². The molecule has 1 heterocycles. The minimum atomic E-state index is 0.588. The second-order valence-corrected chi connectivity index (χ2v) is 6.58. The van der Waals surface area contributed by atoms with Crippen LogP contribution in [-0.2, 0) is 0 Å². The van der Waals surface area contributed by atoms with Crippen molar-refractivity contribution in [2.45, 2.75) is 12.3 Å². The second-order valence-electron chi connectivity index (χ2n) is 6.58. The van der Waals surface area contributed by atoms with Crippen molar-refractivity contribution in [3.8, 4) is 11.8 Å². The number of aromatic amines is 1. The molecule has 126 valence electrons. The van der Waals surface area contributed by atoms with Crippen molar-refractivity contribution < 1.29 is 4.74 Å². The first-order valence-corrected chi connectivity index (χ1v) is 8.75. The Kier molecular flexibility index (Phi) is 4.41. The van der Waals surface area contributed by atoms with Crippen LogP contribution in [0.4, 0.5) is 0 Å². The molecule has 4 rings (SSSR count). The van der Waals surface area contributed by atoms with E-state index in [1.165, 1.54) is 17.4 Å². The fraction of sp³-hybridized carbons (Fsp3) is 0.286. The van der Waals surface area contributed by atoms with Crippen LogP contribution in [0.15, 0.2) is 54.7 Å². The third-order valence-corrected chi connectivity index (χ3v) is 4.86. The minimum absolute atomic E-state index is 0.588. The minimum Gasteiger partial charge on any atom is -0.492 e. The number of hydrogen-bond acceptors (Lipinski definition) is 3. The van der Waals surface area contributed by atoms with Crippen LogP contribution < -0.4 is 10.1 Å². The Hall–Kier alpha value is -2.77. The first-order chi connectivity index (χ1) is 12.3. The van der Waals surface area contributed by atoms with E-state index in [-0.39, 0.29) is 0 Å². The molecule has 4 nitrogen and oxygen atoms in total. The molecule has 1 aliphatic carbocycles. The molecule has 1 aromatic heterocycles. The van der Waals surface area contributed by atoms with Gasteiger partial charge in [0.2, 0.25) is 0 Å². The monoisotopic (exact) mass is 331 g/mol. The molecule has 2 N–H and O–H groups in total. The van der Waals surface area contributed by atoms with E-state index >= 15 is 0 Å². The predicted molar refractivity (Wildman–Crippen MR) is 98.7 cm³/mol. The zero-order valence-corrected chi connectivity index (χ0v) is 14.0. The van der Waals surface area contributed by atoms with Crippen molar-refractivity contribution >= 4 is 10.9 Å². The summed E-state index contributed by atoms with van der Waals surface area (Å²) in [7, 11) is 0. The van der Waals surface area contributed by atoms with E-state index < -0.39 is 0 Å². The topological polar surface area (TPSA) is 60.8 Å². The van der Waals surface area contributed by atoms with E-state index in [2.05, 4.69) is 22.6 Å². The first kappa shape index (κ1) is 15.7. The molecule has 25 heavy (non-hydrogen) atoms. The Bertz CT molecular complexity index is 894. The van der Waals surface area contributed by atoms with Gasteiger partial charge in [0.1, 0.15) is 12.4 Å². The molecule has 1 aliphatic rings. The van der Waals surface area contributed by atoms with Gasteiger partial charge in [-0.25, -0.2) is 0 Å². The van der Waals surface area contributed by atoms with Gasteiger partial charge in [0.15, 0.2) is 0 Å². The number of para-hydroxylation sites is 1. The zero-order valence-electron chi connectivity index (χ0n) is 14.0. The highest BCUT2D eigenvalue weighted by molar-refractivity contribution is 5.85. The Balaban J connectivity index is 1.26. The summed E-state index contributed by atoms with van der Waals surface area (Å²) in [5.41, 5.74) is 3.19. The predicted octanol–water partition coefficient (Wildman–Crippen LogP) is 3.81. The number of benzene rings is 2. The van der Waals surface area contributed by atoms with Crippen LogP contribution in [0.3, 0.4) is 0 Å². The van der Waals surface area contributed by atoms with E-state index in [1.807, 2.05) is 48.5 Å². The van der Waals surface area contributed by atoms with Gasteiger partial charge >= 0.3 is 0 Å². The molecule has 0 amide bonds. The molecule has 1 fully saturated rings.